The minimum Gasteiger partial charge on any atom is -0.465 e. The Morgan fingerprint density at radius 1 is 1.36 bits per heavy atom. The summed E-state index contributed by atoms with van der Waals surface area (Å²) in [5.74, 6) is -0.348. The van der Waals surface area contributed by atoms with Gasteiger partial charge in [-0.15, -0.1) is 0 Å². The predicted molar refractivity (Wildman–Crippen MR) is 86.0 cm³/mol. The first kappa shape index (κ1) is 15.5. The van der Waals surface area contributed by atoms with E-state index in [1.807, 2.05) is 16.9 Å². The van der Waals surface area contributed by atoms with E-state index in [1.54, 1.807) is 6.07 Å². The molecule has 1 fully saturated rings. The van der Waals surface area contributed by atoms with Crippen LogP contribution in [0.1, 0.15) is 10.4 Å². The van der Waals surface area contributed by atoms with Gasteiger partial charge in [0.1, 0.15) is 0 Å². The number of benzene rings is 1. The molecule has 1 saturated heterocycles. The molecule has 0 radical (unpaired) electrons. The molecule has 1 aromatic heterocycles. The molecule has 0 atom stereocenters. The van der Waals surface area contributed by atoms with Gasteiger partial charge in [0.2, 0.25) is 0 Å². The van der Waals surface area contributed by atoms with Crippen LogP contribution in [-0.2, 0) is 16.0 Å². The van der Waals surface area contributed by atoms with Crippen LogP contribution in [0.25, 0.3) is 10.9 Å². The Balaban J connectivity index is 1.81. The van der Waals surface area contributed by atoms with E-state index < -0.39 is 0 Å². The van der Waals surface area contributed by atoms with Gasteiger partial charge in [-0.05, 0) is 12.1 Å². The summed E-state index contributed by atoms with van der Waals surface area (Å²) in [6, 6.07) is 3.68. The number of halogens is 1. The van der Waals surface area contributed by atoms with E-state index in [1.165, 1.54) is 7.11 Å². The summed E-state index contributed by atoms with van der Waals surface area (Å²) in [5, 5.41) is 5.37. The summed E-state index contributed by atoms with van der Waals surface area (Å²) < 4.78 is 12.9. The number of carbonyl (C=O) groups is 1. The maximum atomic E-state index is 11.9. The maximum Gasteiger partial charge on any atom is 0.338 e. The molecule has 0 spiro atoms. The summed E-state index contributed by atoms with van der Waals surface area (Å²) >= 11 is 3.41. The number of fused-ring (bicyclic) bond motifs is 1. The number of rotatable bonds is 4. The normalized spacial score (nSPS) is 16.1. The first-order valence-electron chi connectivity index (χ1n) is 7.22. The standard InChI is InChI=1S/C15H18BrN3O3/c1-21-15(20)12-8-11(16)9-14-13(12)10-19(17-14)3-2-18-4-6-22-7-5-18/h8-10H,2-7H2,1H3. The monoisotopic (exact) mass is 367 g/mol. The lowest BCUT2D eigenvalue weighted by atomic mass is 10.1. The molecule has 0 unspecified atom stereocenters. The number of aromatic nitrogens is 2. The molecule has 3 rings (SSSR count). The molecule has 1 aromatic carbocycles. The maximum absolute atomic E-state index is 11.9. The molecule has 0 aliphatic carbocycles. The van der Waals surface area contributed by atoms with E-state index in [2.05, 4.69) is 25.9 Å². The zero-order valence-electron chi connectivity index (χ0n) is 12.4. The molecule has 0 N–H and O–H groups in total. The van der Waals surface area contributed by atoms with Gasteiger partial charge >= 0.3 is 5.97 Å². The third kappa shape index (κ3) is 3.31. The highest BCUT2D eigenvalue weighted by Crippen LogP contribution is 2.24. The molecule has 6 nitrogen and oxygen atoms in total. The van der Waals surface area contributed by atoms with Crippen molar-refractivity contribution < 1.29 is 14.3 Å². The minimum atomic E-state index is -0.348. The third-order valence-corrected chi connectivity index (χ3v) is 4.25. The van der Waals surface area contributed by atoms with Crippen molar-refractivity contribution in [3.8, 4) is 0 Å². The van der Waals surface area contributed by atoms with Crippen LogP contribution >= 0.6 is 15.9 Å². The topological polar surface area (TPSA) is 56.6 Å². The number of hydrogen-bond acceptors (Lipinski definition) is 5. The van der Waals surface area contributed by atoms with Crippen molar-refractivity contribution in [2.24, 2.45) is 0 Å². The van der Waals surface area contributed by atoms with Crippen LogP contribution in [0.5, 0.6) is 0 Å². The van der Waals surface area contributed by atoms with Gasteiger partial charge in [-0.25, -0.2) is 4.79 Å². The second-order valence-corrected chi connectivity index (χ2v) is 6.14. The molecule has 1 aliphatic heterocycles. The molecule has 2 aromatic rings. The van der Waals surface area contributed by atoms with Crippen molar-refractivity contribution >= 4 is 32.8 Å². The Bertz CT molecular complexity index is 680. The average Bonchev–Trinajstić information content (AvgIpc) is 2.95. The number of ether oxygens (including phenoxy) is 2. The Morgan fingerprint density at radius 3 is 2.86 bits per heavy atom. The van der Waals surface area contributed by atoms with Crippen molar-refractivity contribution in [1.82, 2.24) is 14.7 Å². The van der Waals surface area contributed by atoms with E-state index in [9.17, 15) is 4.79 Å². The highest BCUT2D eigenvalue weighted by Gasteiger charge is 2.15. The van der Waals surface area contributed by atoms with Gasteiger partial charge in [-0.1, -0.05) is 15.9 Å². The average molecular weight is 368 g/mol. The first-order chi connectivity index (χ1) is 10.7. The van der Waals surface area contributed by atoms with Crippen molar-refractivity contribution in [2.45, 2.75) is 6.54 Å². The van der Waals surface area contributed by atoms with Gasteiger partial charge in [0.25, 0.3) is 0 Å². The van der Waals surface area contributed by atoms with Gasteiger partial charge in [-0.2, -0.15) is 5.10 Å². The van der Waals surface area contributed by atoms with Crippen molar-refractivity contribution in [1.29, 1.82) is 0 Å². The van der Waals surface area contributed by atoms with E-state index in [4.69, 9.17) is 9.47 Å². The molecule has 118 valence electrons. The summed E-state index contributed by atoms with van der Waals surface area (Å²) in [6.45, 7) is 5.21. The number of methoxy groups -OCH3 is 1. The Morgan fingerprint density at radius 2 is 2.14 bits per heavy atom. The largest absolute Gasteiger partial charge is 0.465 e. The number of morpholine rings is 1. The zero-order valence-corrected chi connectivity index (χ0v) is 14.0. The summed E-state index contributed by atoms with van der Waals surface area (Å²) in [5.41, 5.74) is 1.32. The van der Waals surface area contributed by atoms with Gasteiger partial charge in [0.05, 0.1) is 37.9 Å². The van der Waals surface area contributed by atoms with E-state index in [0.29, 0.717) is 5.56 Å². The Hall–Kier alpha value is -1.44. The lowest BCUT2D eigenvalue weighted by Crippen LogP contribution is -2.38. The Kier molecular flexibility index (Phi) is 4.75. The third-order valence-electron chi connectivity index (χ3n) is 3.79. The summed E-state index contributed by atoms with van der Waals surface area (Å²) in [6.07, 6.45) is 1.91. The summed E-state index contributed by atoms with van der Waals surface area (Å²) in [4.78, 5) is 14.2. The van der Waals surface area contributed by atoms with Crippen LogP contribution in [0, 0.1) is 0 Å². The predicted octanol–water partition coefficient (Wildman–Crippen LogP) is 1.92. The van der Waals surface area contributed by atoms with Gasteiger partial charge < -0.3 is 9.47 Å². The highest BCUT2D eigenvalue weighted by atomic mass is 79.9. The van der Waals surface area contributed by atoms with E-state index in [0.717, 1.165) is 54.8 Å². The van der Waals surface area contributed by atoms with Crippen molar-refractivity contribution in [2.75, 3.05) is 40.0 Å². The molecule has 0 amide bonds. The van der Waals surface area contributed by atoms with Gasteiger partial charge in [0, 0.05) is 35.7 Å². The highest BCUT2D eigenvalue weighted by molar-refractivity contribution is 9.10. The lowest BCUT2D eigenvalue weighted by Gasteiger charge is -2.26. The fourth-order valence-electron chi connectivity index (χ4n) is 2.60. The van der Waals surface area contributed by atoms with Crippen LogP contribution in [0.15, 0.2) is 22.8 Å². The molecule has 2 heterocycles. The van der Waals surface area contributed by atoms with Gasteiger partial charge in [0.15, 0.2) is 0 Å². The number of carbonyl (C=O) groups excluding carboxylic acids is 1. The number of esters is 1. The SMILES string of the molecule is COC(=O)c1cc(Br)cc2nn(CCN3CCOCC3)cc12. The molecule has 7 heteroatoms. The number of hydrogen-bond donors (Lipinski definition) is 0. The van der Waals surface area contributed by atoms with E-state index >= 15 is 0 Å². The molecule has 22 heavy (non-hydrogen) atoms. The lowest BCUT2D eigenvalue weighted by molar-refractivity contribution is 0.0360. The van der Waals surface area contributed by atoms with Crippen LogP contribution in [0.3, 0.4) is 0 Å². The summed E-state index contributed by atoms with van der Waals surface area (Å²) in [7, 11) is 1.39. The first-order valence-corrected chi connectivity index (χ1v) is 8.02. The fraction of sp³-hybridized carbons (Fsp3) is 0.467. The van der Waals surface area contributed by atoms with Crippen LogP contribution < -0.4 is 0 Å². The van der Waals surface area contributed by atoms with Crippen molar-refractivity contribution in [3.05, 3.63) is 28.4 Å². The number of nitrogens with zero attached hydrogens (tertiary/aromatic N) is 3. The Labute approximate surface area is 137 Å². The molecular weight excluding hydrogens is 350 g/mol. The van der Waals surface area contributed by atoms with Gasteiger partial charge in [-0.3, -0.25) is 9.58 Å². The smallest absolute Gasteiger partial charge is 0.338 e. The second kappa shape index (κ2) is 6.76. The minimum absolute atomic E-state index is 0.348. The van der Waals surface area contributed by atoms with Crippen LogP contribution in [-0.4, -0.2) is 60.6 Å². The van der Waals surface area contributed by atoms with Crippen molar-refractivity contribution in [3.63, 3.8) is 0 Å². The molecule has 0 bridgehead atoms. The van der Waals surface area contributed by atoms with Crippen LogP contribution in [0.2, 0.25) is 0 Å². The quantitative estimate of drug-likeness (QED) is 0.772. The molecule has 1 aliphatic rings. The van der Waals surface area contributed by atoms with Crippen LogP contribution in [0.4, 0.5) is 0 Å². The second-order valence-electron chi connectivity index (χ2n) is 5.22. The zero-order chi connectivity index (χ0) is 15.5. The van der Waals surface area contributed by atoms with E-state index in [-0.39, 0.29) is 5.97 Å². The fourth-order valence-corrected chi connectivity index (χ4v) is 3.05. The molecule has 0 saturated carbocycles. The molecular formula is C15H18BrN3O3.